The highest BCUT2D eigenvalue weighted by Gasteiger charge is 2.02. The van der Waals surface area contributed by atoms with Gasteiger partial charge in [0.15, 0.2) is 6.29 Å². The molecule has 1 atom stereocenters. The van der Waals surface area contributed by atoms with Gasteiger partial charge in [0.05, 0.1) is 5.69 Å². The Morgan fingerprint density at radius 3 is 3.00 bits per heavy atom. The van der Waals surface area contributed by atoms with E-state index in [2.05, 4.69) is 4.98 Å². The molecule has 0 saturated heterocycles. The molecule has 0 aliphatic rings. The minimum atomic E-state index is -0.758. The Hall–Kier alpha value is -0.583. The molecule has 0 aromatic carbocycles. The molecule has 9 heavy (non-hydrogen) atoms. The fourth-order valence-corrected chi connectivity index (χ4v) is 0.879. The molecule has 1 unspecified atom stereocenters. The lowest BCUT2D eigenvalue weighted by atomic mass is 10.4. The number of aromatic nitrogens is 1. The predicted octanol–water partition coefficient (Wildman–Crippen LogP) is -0.697. The Morgan fingerprint density at radius 2 is 2.56 bits per heavy atom. The molecule has 50 valence electrons. The van der Waals surface area contributed by atoms with Gasteiger partial charge in [-0.25, -0.2) is 0 Å². The molecule has 0 saturated carbocycles. The Labute approximate surface area is 56.2 Å². The summed E-state index contributed by atoms with van der Waals surface area (Å²) >= 11 is 0. The second kappa shape index (κ2) is 2.81. The summed E-state index contributed by atoms with van der Waals surface area (Å²) in [4.78, 5) is 2.84. The first-order chi connectivity index (χ1) is 4.34. The van der Waals surface area contributed by atoms with Crippen LogP contribution in [0.5, 0.6) is 0 Å². The van der Waals surface area contributed by atoms with Crippen molar-refractivity contribution < 1.29 is 9.53 Å². The molecule has 1 aromatic heterocycles. The number of H-pyrrole nitrogens is 1. The van der Waals surface area contributed by atoms with E-state index in [9.17, 15) is 0 Å². The third-order valence-electron chi connectivity index (χ3n) is 1.11. The fourth-order valence-electron chi connectivity index (χ4n) is 0.625. The van der Waals surface area contributed by atoms with E-state index in [1.807, 2.05) is 6.07 Å². The highest BCUT2D eigenvalue weighted by molar-refractivity contribution is 5.98. The van der Waals surface area contributed by atoms with Gasteiger partial charge in [0.25, 0.3) is 0 Å². The highest BCUT2D eigenvalue weighted by Crippen LogP contribution is 2.07. The largest absolute Gasteiger partial charge is 0.399 e. The SMILES string of the molecule is OC(O[SiH3])c1ccc[nH]1. The lowest BCUT2D eigenvalue weighted by Crippen LogP contribution is -1.99. The zero-order valence-corrected chi connectivity index (χ0v) is 7.16. The van der Waals surface area contributed by atoms with Gasteiger partial charge in [-0.3, -0.25) is 0 Å². The number of rotatable bonds is 2. The summed E-state index contributed by atoms with van der Waals surface area (Å²) in [6.07, 6.45) is 0.991. The maximum atomic E-state index is 9.00. The van der Waals surface area contributed by atoms with Crippen molar-refractivity contribution in [3.05, 3.63) is 24.0 Å². The molecule has 0 aliphatic heterocycles. The average Bonchev–Trinajstić information content (AvgIpc) is 2.37. The Bertz CT molecular complexity index is 163. The van der Waals surface area contributed by atoms with Gasteiger partial charge in [-0.1, -0.05) is 0 Å². The van der Waals surface area contributed by atoms with Crippen molar-refractivity contribution in [3.8, 4) is 0 Å². The molecule has 0 amide bonds. The first-order valence-electron chi connectivity index (χ1n) is 2.68. The van der Waals surface area contributed by atoms with Gasteiger partial charge in [0, 0.05) is 6.20 Å². The van der Waals surface area contributed by atoms with Crippen LogP contribution in [0.25, 0.3) is 0 Å². The quantitative estimate of drug-likeness (QED) is 0.425. The van der Waals surface area contributed by atoms with E-state index < -0.39 is 6.29 Å². The van der Waals surface area contributed by atoms with Crippen LogP contribution >= 0.6 is 0 Å². The van der Waals surface area contributed by atoms with Crippen LogP contribution in [0.4, 0.5) is 0 Å². The smallest absolute Gasteiger partial charge is 0.186 e. The minimum Gasteiger partial charge on any atom is -0.399 e. The third-order valence-corrected chi connectivity index (χ3v) is 1.56. The summed E-state index contributed by atoms with van der Waals surface area (Å²) < 4.78 is 4.76. The van der Waals surface area contributed by atoms with Crippen LogP contribution in [0.1, 0.15) is 12.0 Å². The van der Waals surface area contributed by atoms with Gasteiger partial charge < -0.3 is 14.5 Å². The number of aliphatic hydroxyl groups excluding tert-OH is 1. The normalized spacial score (nSPS) is 13.9. The zero-order chi connectivity index (χ0) is 6.69. The molecular formula is C5H9NO2Si. The van der Waals surface area contributed by atoms with Crippen molar-refractivity contribution in [1.82, 2.24) is 4.98 Å². The molecular weight excluding hydrogens is 134 g/mol. The van der Waals surface area contributed by atoms with Crippen molar-refractivity contribution in [2.45, 2.75) is 6.29 Å². The van der Waals surface area contributed by atoms with Gasteiger partial charge in [0.1, 0.15) is 10.5 Å². The van der Waals surface area contributed by atoms with Crippen molar-refractivity contribution in [1.29, 1.82) is 0 Å². The van der Waals surface area contributed by atoms with Gasteiger partial charge in [-0.15, -0.1) is 0 Å². The lowest BCUT2D eigenvalue weighted by molar-refractivity contribution is -0.0164. The lowest BCUT2D eigenvalue weighted by Gasteiger charge is -2.04. The number of hydrogen-bond acceptors (Lipinski definition) is 2. The molecule has 1 aromatic rings. The van der Waals surface area contributed by atoms with E-state index in [-0.39, 0.29) is 0 Å². The summed E-state index contributed by atoms with van der Waals surface area (Å²) in [6.45, 7) is 0. The molecule has 0 aliphatic carbocycles. The average molecular weight is 143 g/mol. The van der Waals surface area contributed by atoms with Crippen molar-refractivity contribution in [2.24, 2.45) is 0 Å². The predicted molar refractivity (Wildman–Crippen MR) is 36.8 cm³/mol. The van der Waals surface area contributed by atoms with E-state index in [0.717, 1.165) is 0 Å². The monoisotopic (exact) mass is 143 g/mol. The van der Waals surface area contributed by atoms with Crippen molar-refractivity contribution >= 4 is 10.5 Å². The minimum absolute atomic E-state index is 0.549. The molecule has 0 radical (unpaired) electrons. The van der Waals surface area contributed by atoms with Crippen LogP contribution in [-0.2, 0) is 4.43 Å². The standard InChI is InChI=1S/C5H9NO2Si/c7-5(8-9)4-2-1-3-6-4/h1-3,5-7H,9H3. The highest BCUT2D eigenvalue weighted by atomic mass is 28.2. The molecule has 1 heterocycles. The summed E-state index contributed by atoms with van der Waals surface area (Å²) in [7, 11) is 0.549. The van der Waals surface area contributed by atoms with Gasteiger partial charge in [-0.2, -0.15) is 0 Å². The topological polar surface area (TPSA) is 45.2 Å². The van der Waals surface area contributed by atoms with E-state index in [1.165, 1.54) is 0 Å². The van der Waals surface area contributed by atoms with E-state index in [4.69, 9.17) is 9.53 Å². The summed E-state index contributed by atoms with van der Waals surface area (Å²) in [6, 6.07) is 3.60. The fraction of sp³-hybridized carbons (Fsp3) is 0.200. The summed E-state index contributed by atoms with van der Waals surface area (Å²) in [5.74, 6) is 0. The molecule has 0 fully saturated rings. The summed E-state index contributed by atoms with van der Waals surface area (Å²) in [5, 5.41) is 9.00. The number of hydrogen-bond donors (Lipinski definition) is 2. The van der Waals surface area contributed by atoms with E-state index >= 15 is 0 Å². The molecule has 4 heteroatoms. The maximum Gasteiger partial charge on any atom is 0.186 e. The van der Waals surface area contributed by atoms with Crippen molar-refractivity contribution in [3.63, 3.8) is 0 Å². The van der Waals surface area contributed by atoms with Crippen LogP contribution in [0.3, 0.4) is 0 Å². The zero-order valence-electron chi connectivity index (χ0n) is 5.16. The van der Waals surface area contributed by atoms with E-state index in [1.54, 1.807) is 12.3 Å². The second-order valence-electron chi connectivity index (χ2n) is 1.71. The van der Waals surface area contributed by atoms with Crippen LogP contribution in [-0.4, -0.2) is 20.6 Å². The third kappa shape index (κ3) is 1.41. The first-order valence-corrected chi connectivity index (χ1v) is 3.50. The number of aliphatic hydroxyl groups is 1. The Morgan fingerprint density at radius 1 is 1.78 bits per heavy atom. The molecule has 0 spiro atoms. The van der Waals surface area contributed by atoms with Crippen LogP contribution in [0.2, 0.25) is 0 Å². The molecule has 0 bridgehead atoms. The summed E-state index contributed by atoms with van der Waals surface area (Å²) in [5.41, 5.74) is 0.713. The molecule has 2 N–H and O–H groups in total. The second-order valence-corrected chi connectivity index (χ2v) is 2.18. The molecule has 1 rings (SSSR count). The number of aromatic amines is 1. The van der Waals surface area contributed by atoms with Crippen LogP contribution in [0.15, 0.2) is 18.3 Å². The van der Waals surface area contributed by atoms with Crippen molar-refractivity contribution in [2.75, 3.05) is 0 Å². The van der Waals surface area contributed by atoms with Gasteiger partial charge in [0.2, 0.25) is 0 Å². The maximum absolute atomic E-state index is 9.00. The number of nitrogens with one attached hydrogen (secondary N) is 1. The Kier molecular flexibility index (Phi) is 2.04. The van der Waals surface area contributed by atoms with E-state index in [0.29, 0.717) is 16.2 Å². The molecule has 3 nitrogen and oxygen atoms in total. The Balaban J connectivity index is 2.65. The van der Waals surface area contributed by atoms with Gasteiger partial charge >= 0.3 is 0 Å². The van der Waals surface area contributed by atoms with Crippen LogP contribution in [0, 0.1) is 0 Å². The van der Waals surface area contributed by atoms with Gasteiger partial charge in [-0.05, 0) is 12.1 Å². The first kappa shape index (κ1) is 6.54. The van der Waals surface area contributed by atoms with Crippen LogP contribution < -0.4 is 0 Å².